The van der Waals surface area contributed by atoms with Gasteiger partial charge in [-0.2, -0.15) is 4.98 Å². The highest BCUT2D eigenvalue weighted by atomic mass is 31.3. The van der Waals surface area contributed by atoms with Crippen LogP contribution in [0.15, 0.2) is 29.2 Å². The van der Waals surface area contributed by atoms with E-state index < -0.39 is 42.4 Å². The number of nitrogens with two attached hydrogens (primary N) is 1. The Labute approximate surface area is 141 Å². The minimum absolute atomic E-state index is 0.0533. The van der Waals surface area contributed by atoms with Crippen LogP contribution in [0.3, 0.4) is 0 Å². The molecule has 2 rings (SSSR count). The largest absolute Gasteiger partial charge is 0.708 e. The Morgan fingerprint density at radius 1 is 1.40 bits per heavy atom. The van der Waals surface area contributed by atoms with Crippen LogP contribution in [0.1, 0.15) is 6.23 Å². The number of ether oxygens (including phenoxy) is 1. The second-order valence-corrected chi connectivity index (χ2v) is 7.81. The lowest BCUT2D eigenvalue weighted by atomic mass is 10.4. The van der Waals surface area contributed by atoms with Crippen LogP contribution in [0.5, 0.6) is 0 Å². The zero-order valence-electron chi connectivity index (χ0n) is 12.1. The molecule has 0 aromatic carbocycles. The van der Waals surface area contributed by atoms with E-state index in [1.165, 1.54) is 24.4 Å². The van der Waals surface area contributed by atoms with E-state index >= 15 is 0 Å². The molecule has 4 N–H and O–H groups in total. The molecule has 13 nitrogen and oxygen atoms in total. The highest BCUT2D eigenvalue weighted by Crippen LogP contribution is 2.57. The maximum atomic E-state index is 11.7. The molecule has 136 valence electrons. The number of nitrogens with zero attached hydrogens (tertiary/aromatic N) is 2. The molecule has 0 radical (unpaired) electrons. The number of phosphoric acid groups is 1. The van der Waals surface area contributed by atoms with E-state index in [0.717, 1.165) is 4.57 Å². The third kappa shape index (κ3) is 6.12. The van der Waals surface area contributed by atoms with Gasteiger partial charge in [-0.25, -0.2) is 9.36 Å². The summed E-state index contributed by atoms with van der Waals surface area (Å²) in [6.07, 6.45) is 2.85. The van der Waals surface area contributed by atoms with Crippen LogP contribution in [0.25, 0.3) is 0 Å². The number of hydrogen-bond donors (Lipinski definition) is 3. The summed E-state index contributed by atoms with van der Waals surface area (Å²) in [4.78, 5) is 32.6. The summed E-state index contributed by atoms with van der Waals surface area (Å²) in [6, 6.07) is 1.40. The molecule has 3 unspecified atom stereocenters. The Morgan fingerprint density at radius 2 is 2.12 bits per heavy atom. The minimum Gasteiger partial charge on any atom is -0.383 e. The molecule has 0 amide bonds. The minimum atomic E-state index is -5.00. The smallest absolute Gasteiger partial charge is 0.383 e. The quantitative estimate of drug-likeness (QED) is 0.399. The molecular weight excluding hydrogens is 403 g/mol. The second kappa shape index (κ2) is 8.33. The topological polar surface area (TPSA) is 190 Å². The zero-order valence-corrected chi connectivity index (χ0v) is 14.8. The summed E-state index contributed by atoms with van der Waals surface area (Å²) < 4.78 is 51.8. The highest BCUT2D eigenvalue weighted by molar-refractivity contribution is 7.61. The van der Waals surface area contributed by atoms with E-state index in [4.69, 9.17) is 20.3 Å². The lowest BCUT2D eigenvalue weighted by Gasteiger charge is -2.14. The third-order valence-corrected chi connectivity index (χ3v) is 5.72. The Morgan fingerprint density at radius 3 is 2.76 bits per heavy atom. The van der Waals surface area contributed by atoms with Crippen molar-refractivity contribution in [1.29, 1.82) is 0 Å². The molecule has 0 fully saturated rings. The first-order chi connectivity index (χ1) is 11.7. The van der Waals surface area contributed by atoms with Gasteiger partial charge in [-0.1, -0.05) is 6.08 Å². The van der Waals surface area contributed by atoms with Crippen molar-refractivity contribution in [2.24, 2.45) is 0 Å². The standard InChI is InChI=1S/C9H10N3O10P3/c10-7-3-4-12(9(13)11-7)8-2-1-6(20-8)5-19-24(16)22-25(17,18)21-23(14)15/h1-4,6,8H,5H2,(H2-2,10,11,13,14,15,17,18)/p+2/t6-,8+/m0/s1. The number of nitrogen functional groups attached to an aromatic ring is 1. The molecule has 16 heteroatoms. The van der Waals surface area contributed by atoms with Gasteiger partial charge in [0.25, 0.3) is 0 Å². The molecule has 1 aliphatic rings. The molecule has 1 aliphatic heterocycles. The van der Waals surface area contributed by atoms with Gasteiger partial charge in [-0.15, -0.1) is 9.42 Å². The second-order valence-electron chi connectivity index (χ2n) is 4.38. The van der Waals surface area contributed by atoms with E-state index in [0.29, 0.717) is 0 Å². The summed E-state index contributed by atoms with van der Waals surface area (Å²) in [5.41, 5.74) is 4.74. The number of aromatic nitrogens is 2. The molecule has 0 bridgehead atoms. The average molecular weight is 415 g/mol. The van der Waals surface area contributed by atoms with Crippen molar-refractivity contribution in [3.63, 3.8) is 0 Å². The Kier molecular flexibility index (Phi) is 6.64. The van der Waals surface area contributed by atoms with E-state index in [-0.39, 0.29) is 12.4 Å². The van der Waals surface area contributed by atoms with Gasteiger partial charge >= 0.3 is 30.0 Å². The van der Waals surface area contributed by atoms with Gasteiger partial charge in [0.05, 0.1) is 0 Å². The van der Waals surface area contributed by atoms with Crippen molar-refractivity contribution >= 4 is 30.2 Å². The molecule has 5 atom stereocenters. The van der Waals surface area contributed by atoms with E-state index in [1.54, 1.807) is 0 Å². The fourth-order valence-corrected chi connectivity index (χ4v) is 3.93. The van der Waals surface area contributed by atoms with Crippen molar-refractivity contribution in [3.8, 4) is 0 Å². The number of anilines is 1. The molecule has 0 spiro atoms. The summed E-state index contributed by atoms with van der Waals surface area (Å²) in [7, 11) is -11.6. The molecule has 2 heterocycles. The summed E-state index contributed by atoms with van der Waals surface area (Å²) >= 11 is 0. The summed E-state index contributed by atoms with van der Waals surface area (Å²) in [5, 5.41) is 0. The van der Waals surface area contributed by atoms with Crippen molar-refractivity contribution in [2.45, 2.75) is 12.3 Å². The van der Waals surface area contributed by atoms with Crippen LogP contribution in [0, 0.1) is 0 Å². The lowest BCUT2D eigenvalue weighted by molar-refractivity contribution is -0.00570. The first-order valence-corrected chi connectivity index (χ1v) is 10.1. The SMILES string of the molecule is Nc1ccn([C@H]2C=C[C@@H](CO[P+](=O)OP(=O)(O)O[P+](=O)O)O2)c(=O)n1. The maximum absolute atomic E-state index is 11.7. The number of hydrogen-bond acceptors (Lipinski definition) is 10. The van der Waals surface area contributed by atoms with Crippen LogP contribution in [-0.4, -0.2) is 32.0 Å². The molecule has 1 aromatic rings. The van der Waals surface area contributed by atoms with Crippen LogP contribution >= 0.6 is 24.3 Å². The highest BCUT2D eigenvalue weighted by Gasteiger charge is 2.45. The van der Waals surface area contributed by atoms with Crippen LogP contribution in [0.2, 0.25) is 0 Å². The maximum Gasteiger partial charge on any atom is 0.708 e. The number of rotatable bonds is 8. The van der Waals surface area contributed by atoms with E-state index in [2.05, 4.69) is 18.1 Å². The monoisotopic (exact) mass is 415 g/mol. The van der Waals surface area contributed by atoms with Crippen molar-refractivity contribution in [1.82, 2.24) is 9.55 Å². The fourth-order valence-electron chi connectivity index (χ4n) is 1.71. The summed E-state index contributed by atoms with van der Waals surface area (Å²) in [5.74, 6) is 0.0533. The Hall–Kier alpha value is -1.39. The Bertz CT molecular complexity index is 810. The van der Waals surface area contributed by atoms with Gasteiger partial charge in [-0.05, 0) is 12.1 Å². The van der Waals surface area contributed by atoms with Crippen molar-refractivity contribution < 1.29 is 41.4 Å². The average Bonchev–Trinajstić information content (AvgIpc) is 2.91. The normalized spacial score (nSPS) is 23.3. The summed E-state index contributed by atoms with van der Waals surface area (Å²) in [6.45, 7) is -0.357. The molecule has 0 aliphatic carbocycles. The fraction of sp³-hybridized carbons (Fsp3) is 0.333. The molecular formula is C9H12N3O10P3+2. The van der Waals surface area contributed by atoms with Crippen molar-refractivity contribution in [3.05, 3.63) is 34.9 Å². The predicted octanol–water partition coefficient (Wildman–Crippen LogP) is 0.736. The van der Waals surface area contributed by atoms with Gasteiger partial charge in [0.1, 0.15) is 18.5 Å². The van der Waals surface area contributed by atoms with E-state index in [1.807, 2.05) is 0 Å². The first-order valence-electron chi connectivity index (χ1n) is 6.33. The molecule has 0 saturated heterocycles. The molecule has 25 heavy (non-hydrogen) atoms. The molecule has 0 saturated carbocycles. The third-order valence-electron chi connectivity index (χ3n) is 2.62. The van der Waals surface area contributed by atoms with Gasteiger partial charge in [0.15, 0.2) is 6.23 Å². The van der Waals surface area contributed by atoms with Crippen LogP contribution in [0.4, 0.5) is 5.82 Å². The van der Waals surface area contributed by atoms with Gasteiger partial charge in [0.2, 0.25) is 0 Å². The first kappa shape index (κ1) is 19.9. The van der Waals surface area contributed by atoms with Crippen LogP contribution in [-0.2, 0) is 31.6 Å². The lowest BCUT2D eigenvalue weighted by Crippen LogP contribution is -2.28. The van der Waals surface area contributed by atoms with Gasteiger partial charge in [-0.3, -0.25) is 9.46 Å². The Balaban J connectivity index is 1.85. The van der Waals surface area contributed by atoms with Crippen molar-refractivity contribution in [2.75, 3.05) is 12.3 Å². The van der Waals surface area contributed by atoms with Crippen LogP contribution < -0.4 is 11.4 Å². The molecule has 1 aromatic heterocycles. The van der Waals surface area contributed by atoms with Gasteiger partial charge < -0.3 is 10.5 Å². The zero-order chi connectivity index (χ0) is 18.6. The van der Waals surface area contributed by atoms with E-state index in [9.17, 15) is 18.5 Å². The predicted molar refractivity (Wildman–Crippen MR) is 81.3 cm³/mol. The van der Waals surface area contributed by atoms with Gasteiger partial charge in [0, 0.05) is 23.9 Å².